The van der Waals surface area contributed by atoms with Crippen LogP contribution < -0.4 is 5.32 Å². The van der Waals surface area contributed by atoms with Crippen LogP contribution in [0, 0.1) is 0 Å². The monoisotopic (exact) mass is 329 g/mol. The first-order chi connectivity index (χ1) is 11.1. The molecule has 1 aromatic carbocycles. The number of nitrogens with zero attached hydrogens (tertiary/aromatic N) is 2. The summed E-state index contributed by atoms with van der Waals surface area (Å²) in [5, 5.41) is 6.68. The molecule has 3 aromatic rings. The standard InChI is InChI=1S/C17H19N3O2S/c1-11(9-22-3)18-16(21)13-10-23-17(19-13)15-8-12-6-4-5-7-14(12)20(15)2/h4-8,10-11H,9H2,1-3H3,(H,18,21). The third-order valence-electron chi connectivity index (χ3n) is 3.70. The molecular formula is C17H19N3O2S. The first kappa shape index (κ1) is 15.7. The smallest absolute Gasteiger partial charge is 0.271 e. The Balaban J connectivity index is 1.86. The Bertz CT molecular complexity index is 837. The van der Waals surface area contributed by atoms with Crippen molar-refractivity contribution in [2.75, 3.05) is 13.7 Å². The van der Waals surface area contributed by atoms with Gasteiger partial charge in [0.25, 0.3) is 5.91 Å². The van der Waals surface area contributed by atoms with Crippen molar-refractivity contribution in [2.24, 2.45) is 7.05 Å². The first-order valence-electron chi connectivity index (χ1n) is 7.40. The third-order valence-corrected chi connectivity index (χ3v) is 4.57. The maximum atomic E-state index is 12.2. The molecule has 5 nitrogen and oxygen atoms in total. The summed E-state index contributed by atoms with van der Waals surface area (Å²) in [7, 11) is 3.63. The minimum Gasteiger partial charge on any atom is -0.383 e. The van der Waals surface area contributed by atoms with Gasteiger partial charge in [-0.25, -0.2) is 4.98 Å². The van der Waals surface area contributed by atoms with E-state index in [1.807, 2.05) is 26.1 Å². The van der Waals surface area contributed by atoms with E-state index in [-0.39, 0.29) is 11.9 Å². The number of rotatable bonds is 5. The third kappa shape index (κ3) is 3.13. The molecular weight excluding hydrogens is 310 g/mol. The van der Waals surface area contributed by atoms with Gasteiger partial charge in [0.15, 0.2) is 0 Å². The minimum absolute atomic E-state index is 0.0460. The summed E-state index contributed by atoms with van der Waals surface area (Å²) in [5.41, 5.74) is 2.61. The SMILES string of the molecule is COCC(C)NC(=O)c1csc(-c2cc3ccccc3n2C)n1. The molecule has 0 aliphatic carbocycles. The highest BCUT2D eigenvalue weighted by Gasteiger charge is 2.16. The molecule has 1 amide bonds. The van der Waals surface area contributed by atoms with E-state index in [1.54, 1.807) is 12.5 Å². The molecule has 2 heterocycles. The number of hydrogen-bond acceptors (Lipinski definition) is 4. The number of amides is 1. The Labute approximate surface area is 138 Å². The van der Waals surface area contributed by atoms with E-state index in [2.05, 4.69) is 33.1 Å². The van der Waals surface area contributed by atoms with E-state index < -0.39 is 0 Å². The Morgan fingerprint density at radius 1 is 1.43 bits per heavy atom. The van der Waals surface area contributed by atoms with Gasteiger partial charge >= 0.3 is 0 Å². The van der Waals surface area contributed by atoms with Gasteiger partial charge in [-0.2, -0.15) is 0 Å². The van der Waals surface area contributed by atoms with Crippen molar-refractivity contribution in [3.05, 3.63) is 41.4 Å². The summed E-state index contributed by atoms with van der Waals surface area (Å²) in [6, 6.07) is 10.2. The van der Waals surface area contributed by atoms with Gasteiger partial charge in [0.2, 0.25) is 0 Å². The largest absolute Gasteiger partial charge is 0.383 e. The summed E-state index contributed by atoms with van der Waals surface area (Å²) < 4.78 is 7.13. The van der Waals surface area contributed by atoms with E-state index >= 15 is 0 Å². The number of ether oxygens (including phenoxy) is 1. The first-order valence-corrected chi connectivity index (χ1v) is 8.28. The van der Waals surface area contributed by atoms with E-state index in [0.29, 0.717) is 12.3 Å². The van der Waals surface area contributed by atoms with Crippen LogP contribution in [0.3, 0.4) is 0 Å². The van der Waals surface area contributed by atoms with Crippen LogP contribution in [-0.4, -0.2) is 35.2 Å². The molecule has 1 atom stereocenters. The van der Waals surface area contributed by atoms with Crippen molar-refractivity contribution in [2.45, 2.75) is 13.0 Å². The lowest BCUT2D eigenvalue weighted by Gasteiger charge is -2.11. The fourth-order valence-electron chi connectivity index (χ4n) is 2.58. The van der Waals surface area contributed by atoms with Gasteiger partial charge in [-0.05, 0) is 19.1 Å². The van der Waals surface area contributed by atoms with E-state index in [1.165, 1.54) is 16.7 Å². The van der Waals surface area contributed by atoms with Crippen molar-refractivity contribution >= 4 is 28.1 Å². The van der Waals surface area contributed by atoms with Gasteiger partial charge < -0.3 is 14.6 Å². The lowest BCUT2D eigenvalue weighted by atomic mass is 10.2. The number of carbonyl (C=O) groups is 1. The number of benzene rings is 1. The summed E-state index contributed by atoms with van der Waals surface area (Å²) in [4.78, 5) is 16.7. The second kappa shape index (κ2) is 6.52. The van der Waals surface area contributed by atoms with Gasteiger partial charge in [0.05, 0.1) is 12.3 Å². The predicted octanol–water partition coefficient (Wildman–Crippen LogP) is 3.07. The van der Waals surface area contributed by atoms with Gasteiger partial charge in [-0.15, -0.1) is 11.3 Å². The number of para-hydroxylation sites is 1. The molecule has 0 spiro atoms. The number of fused-ring (bicyclic) bond motifs is 1. The van der Waals surface area contributed by atoms with E-state index in [0.717, 1.165) is 16.2 Å². The van der Waals surface area contributed by atoms with Gasteiger partial charge in [-0.3, -0.25) is 4.79 Å². The van der Waals surface area contributed by atoms with Crippen LogP contribution in [0.15, 0.2) is 35.7 Å². The van der Waals surface area contributed by atoms with Crippen molar-refractivity contribution in [3.8, 4) is 10.7 Å². The fourth-order valence-corrected chi connectivity index (χ4v) is 3.43. The van der Waals surface area contributed by atoms with Crippen LogP contribution >= 0.6 is 11.3 Å². The van der Waals surface area contributed by atoms with Crippen molar-refractivity contribution in [1.82, 2.24) is 14.9 Å². The molecule has 1 unspecified atom stereocenters. The average Bonchev–Trinajstić information content (AvgIpc) is 3.13. The molecule has 0 radical (unpaired) electrons. The van der Waals surface area contributed by atoms with Crippen molar-refractivity contribution in [3.63, 3.8) is 0 Å². The van der Waals surface area contributed by atoms with E-state index in [9.17, 15) is 4.79 Å². The van der Waals surface area contributed by atoms with Crippen LogP contribution in [0.2, 0.25) is 0 Å². The van der Waals surface area contributed by atoms with Crippen molar-refractivity contribution in [1.29, 1.82) is 0 Å². The lowest BCUT2D eigenvalue weighted by Crippen LogP contribution is -2.35. The fraction of sp³-hybridized carbons (Fsp3) is 0.294. The molecule has 23 heavy (non-hydrogen) atoms. The molecule has 0 aliphatic rings. The number of thiazole rings is 1. The summed E-state index contributed by atoms with van der Waals surface area (Å²) in [6.07, 6.45) is 0. The summed E-state index contributed by atoms with van der Waals surface area (Å²) in [6.45, 7) is 2.38. The lowest BCUT2D eigenvalue weighted by molar-refractivity contribution is 0.0901. The number of aromatic nitrogens is 2. The molecule has 0 saturated carbocycles. The topological polar surface area (TPSA) is 56.1 Å². The highest BCUT2D eigenvalue weighted by molar-refractivity contribution is 7.13. The number of nitrogens with one attached hydrogen (secondary N) is 1. The maximum absolute atomic E-state index is 12.2. The van der Waals surface area contributed by atoms with Crippen LogP contribution in [0.5, 0.6) is 0 Å². The summed E-state index contributed by atoms with van der Waals surface area (Å²) >= 11 is 1.48. The summed E-state index contributed by atoms with van der Waals surface area (Å²) in [5.74, 6) is -0.171. The van der Waals surface area contributed by atoms with Crippen LogP contribution in [0.4, 0.5) is 0 Å². The second-order valence-corrected chi connectivity index (χ2v) is 6.37. The highest BCUT2D eigenvalue weighted by Crippen LogP contribution is 2.29. The molecule has 0 fully saturated rings. The molecule has 120 valence electrons. The molecule has 2 aromatic heterocycles. The molecule has 0 bridgehead atoms. The highest BCUT2D eigenvalue weighted by atomic mass is 32.1. The molecule has 0 aliphatic heterocycles. The molecule has 1 N–H and O–H groups in total. The predicted molar refractivity (Wildman–Crippen MR) is 92.8 cm³/mol. The van der Waals surface area contributed by atoms with Gasteiger partial charge in [-0.1, -0.05) is 18.2 Å². The molecule has 3 rings (SSSR count). The van der Waals surface area contributed by atoms with Gasteiger partial charge in [0, 0.05) is 36.5 Å². The normalized spacial score (nSPS) is 12.5. The maximum Gasteiger partial charge on any atom is 0.271 e. The van der Waals surface area contributed by atoms with E-state index in [4.69, 9.17) is 4.74 Å². The number of aryl methyl sites for hydroxylation is 1. The van der Waals surface area contributed by atoms with Crippen LogP contribution in [0.1, 0.15) is 17.4 Å². The zero-order chi connectivity index (χ0) is 16.4. The number of methoxy groups -OCH3 is 1. The quantitative estimate of drug-likeness (QED) is 0.783. The zero-order valence-electron chi connectivity index (χ0n) is 13.4. The second-order valence-electron chi connectivity index (χ2n) is 5.52. The van der Waals surface area contributed by atoms with Gasteiger partial charge in [0.1, 0.15) is 10.7 Å². The Morgan fingerprint density at radius 3 is 2.96 bits per heavy atom. The Morgan fingerprint density at radius 2 is 2.22 bits per heavy atom. The minimum atomic E-state index is -0.171. The zero-order valence-corrected chi connectivity index (χ0v) is 14.2. The molecule has 6 heteroatoms. The number of hydrogen-bond donors (Lipinski definition) is 1. The van der Waals surface area contributed by atoms with Crippen LogP contribution in [0.25, 0.3) is 21.6 Å². The average molecular weight is 329 g/mol. The molecule has 0 saturated heterocycles. The Hall–Kier alpha value is -2.18. The number of carbonyl (C=O) groups excluding carboxylic acids is 1. The van der Waals surface area contributed by atoms with Crippen molar-refractivity contribution < 1.29 is 9.53 Å². The van der Waals surface area contributed by atoms with Crippen LogP contribution in [-0.2, 0) is 11.8 Å². The Kier molecular flexibility index (Phi) is 4.45.